The molecule has 3 aliphatic rings. The van der Waals surface area contributed by atoms with Crippen LogP contribution in [0, 0.1) is 18.4 Å². The van der Waals surface area contributed by atoms with Gasteiger partial charge in [-0.15, -0.1) is 4.99 Å². The molecule has 2 unspecified atom stereocenters. The largest absolute Gasteiger partial charge is 0.425 e. The molecule has 7 heteroatoms. The third kappa shape index (κ3) is 5.41. The fraction of sp³-hybridized carbons (Fsp3) is 0.417. The zero-order valence-electron chi connectivity index (χ0n) is 25.0. The van der Waals surface area contributed by atoms with Crippen molar-refractivity contribution in [2.45, 2.75) is 75.4 Å². The highest BCUT2D eigenvalue weighted by Crippen LogP contribution is 2.45. The summed E-state index contributed by atoms with van der Waals surface area (Å²) in [6.45, 7) is 4.91. The third-order valence-corrected chi connectivity index (χ3v) is 10.3. The number of imidazole rings is 1. The fourth-order valence-corrected chi connectivity index (χ4v) is 8.19. The van der Waals surface area contributed by atoms with E-state index >= 15 is 0 Å². The van der Waals surface area contributed by atoms with Gasteiger partial charge in [0.25, 0.3) is 0 Å². The molecule has 2 bridgehead atoms. The minimum Gasteiger partial charge on any atom is -0.425 e. The lowest BCUT2D eigenvalue weighted by atomic mass is 9.70. The van der Waals surface area contributed by atoms with Crippen molar-refractivity contribution in [2.24, 2.45) is 4.99 Å². The van der Waals surface area contributed by atoms with Crippen molar-refractivity contribution in [3.05, 3.63) is 96.3 Å². The summed E-state index contributed by atoms with van der Waals surface area (Å²) in [6, 6.07) is 31.5. The summed E-state index contributed by atoms with van der Waals surface area (Å²) in [5.74, 6) is 1.85. The molecule has 0 radical (unpaired) electrons. The smallest absolute Gasteiger partial charge is 0.308 e. The highest BCUT2D eigenvalue weighted by Gasteiger charge is 2.44. The van der Waals surface area contributed by atoms with Gasteiger partial charge in [-0.05, 0) is 93.7 Å². The Kier molecular flexibility index (Phi) is 7.63. The number of nitriles is 1. The Morgan fingerprint density at radius 3 is 2.26 bits per heavy atom. The summed E-state index contributed by atoms with van der Waals surface area (Å²) in [6.07, 6.45) is 10.1. The Balaban J connectivity index is 1.06. The molecule has 4 aromatic rings. The molecular weight excluding hydrogens is 532 g/mol. The highest BCUT2D eigenvalue weighted by molar-refractivity contribution is 5.77. The average molecular weight is 573 g/mol. The van der Waals surface area contributed by atoms with Crippen LogP contribution < -0.4 is 4.74 Å². The number of likely N-dealkylation sites (tertiary alicyclic amines) is 1. The van der Waals surface area contributed by atoms with Gasteiger partial charge >= 0.3 is 6.02 Å². The Bertz CT molecular complexity index is 1600. The quantitative estimate of drug-likeness (QED) is 0.144. The number of rotatable bonds is 6. The first-order valence-corrected chi connectivity index (χ1v) is 15.8. The Morgan fingerprint density at radius 1 is 0.907 bits per heavy atom. The molecule has 0 spiro atoms. The maximum Gasteiger partial charge on any atom is 0.308 e. The molecule has 3 aliphatic heterocycles. The van der Waals surface area contributed by atoms with Crippen molar-refractivity contribution in [1.29, 1.82) is 5.26 Å². The number of ether oxygens (including phenoxy) is 1. The molecule has 43 heavy (non-hydrogen) atoms. The first-order valence-electron chi connectivity index (χ1n) is 15.8. The van der Waals surface area contributed by atoms with Crippen molar-refractivity contribution < 1.29 is 4.74 Å². The summed E-state index contributed by atoms with van der Waals surface area (Å²) >= 11 is 0. The van der Waals surface area contributed by atoms with Gasteiger partial charge in [-0.25, -0.2) is 4.98 Å². The van der Waals surface area contributed by atoms with E-state index in [-0.39, 0.29) is 5.41 Å². The molecule has 2 atom stereocenters. The van der Waals surface area contributed by atoms with Gasteiger partial charge in [0.1, 0.15) is 11.6 Å². The highest BCUT2D eigenvalue weighted by atomic mass is 16.5. The molecule has 7 nitrogen and oxygen atoms in total. The predicted octanol–water partition coefficient (Wildman–Crippen LogP) is 6.85. The van der Waals surface area contributed by atoms with Gasteiger partial charge in [-0.3, -0.25) is 4.90 Å². The lowest BCUT2D eigenvalue weighted by Gasteiger charge is -2.46. The van der Waals surface area contributed by atoms with E-state index in [1.165, 1.54) is 36.8 Å². The number of piperidine rings is 2. The van der Waals surface area contributed by atoms with E-state index in [1.807, 2.05) is 36.5 Å². The number of aryl methyl sites for hydroxylation is 1. The Morgan fingerprint density at radius 2 is 1.56 bits per heavy atom. The van der Waals surface area contributed by atoms with E-state index in [1.54, 1.807) is 0 Å². The molecule has 0 N–H and O–H groups in total. The molecule has 0 saturated carbocycles. The van der Waals surface area contributed by atoms with Crippen LogP contribution in [0.25, 0.3) is 11.0 Å². The van der Waals surface area contributed by atoms with Crippen molar-refractivity contribution in [2.75, 3.05) is 19.6 Å². The van der Waals surface area contributed by atoms with Crippen LogP contribution in [0.5, 0.6) is 5.75 Å². The number of amidine groups is 1. The third-order valence-electron chi connectivity index (χ3n) is 10.3. The maximum absolute atomic E-state index is 9.40. The van der Waals surface area contributed by atoms with Crippen LogP contribution in [0.2, 0.25) is 0 Å². The van der Waals surface area contributed by atoms with E-state index < -0.39 is 0 Å². The van der Waals surface area contributed by atoms with E-state index in [4.69, 9.17) is 9.72 Å². The summed E-state index contributed by atoms with van der Waals surface area (Å²) in [5, 5.41) is 9.40. The second kappa shape index (κ2) is 11.9. The standard InChI is InChI=1S/C36H40N6O/c1-27-39-33-14-8-9-15-34(33)42(27)31-24-29-16-17-30(25-31)41(29)23-20-36(28-10-4-2-5-11-28)18-21-40(22-19-36)35(38-26-37)43-32-12-6-3-7-13-32/h2-15,29-31H,16-25H2,1H3. The lowest BCUT2D eigenvalue weighted by molar-refractivity contribution is 0.0878. The number of benzene rings is 3. The molecule has 3 fully saturated rings. The van der Waals surface area contributed by atoms with E-state index in [9.17, 15) is 5.26 Å². The van der Waals surface area contributed by atoms with Crippen LogP contribution in [0.4, 0.5) is 0 Å². The van der Waals surface area contributed by atoms with Gasteiger partial charge in [-0.1, -0.05) is 60.7 Å². The fourth-order valence-electron chi connectivity index (χ4n) is 8.19. The number of nitrogens with zero attached hydrogens (tertiary/aromatic N) is 6. The summed E-state index contributed by atoms with van der Waals surface area (Å²) in [5.41, 5.74) is 3.92. The first kappa shape index (κ1) is 27.7. The second-order valence-electron chi connectivity index (χ2n) is 12.6. The minimum atomic E-state index is 0.0929. The second-order valence-corrected chi connectivity index (χ2v) is 12.6. The minimum absolute atomic E-state index is 0.0929. The van der Waals surface area contributed by atoms with Gasteiger partial charge in [0.05, 0.1) is 11.0 Å². The molecule has 3 saturated heterocycles. The molecule has 0 amide bonds. The molecule has 1 aromatic heterocycles. The zero-order valence-corrected chi connectivity index (χ0v) is 25.0. The van der Waals surface area contributed by atoms with E-state index in [0.717, 1.165) is 50.2 Å². The van der Waals surface area contributed by atoms with Crippen molar-refractivity contribution >= 4 is 17.1 Å². The maximum atomic E-state index is 9.40. The summed E-state index contributed by atoms with van der Waals surface area (Å²) in [4.78, 5) is 14.0. The van der Waals surface area contributed by atoms with E-state index in [0.29, 0.717) is 29.9 Å². The van der Waals surface area contributed by atoms with Crippen LogP contribution >= 0.6 is 0 Å². The zero-order chi connectivity index (χ0) is 29.2. The SMILES string of the molecule is Cc1nc2ccccc2n1C1CC2CCC(C1)N2CCC1(c2ccccc2)CCN(C(=NC#N)Oc2ccccc2)CC1. The lowest BCUT2D eigenvalue weighted by Crippen LogP contribution is -2.49. The number of hydrogen-bond acceptors (Lipinski definition) is 5. The normalized spacial score (nSPS) is 23.8. The number of hydrogen-bond donors (Lipinski definition) is 0. The van der Waals surface area contributed by atoms with Crippen LogP contribution in [0.1, 0.15) is 62.4 Å². The molecule has 4 heterocycles. The van der Waals surface area contributed by atoms with Crippen molar-refractivity contribution in [3.63, 3.8) is 0 Å². The van der Waals surface area contributed by atoms with Crippen LogP contribution in [0.3, 0.4) is 0 Å². The van der Waals surface area contributed by atoms with E-state index in [2.05, 4.69) is 80.9 Å². The average Bonchev–Trinajstić information content (AvgIpc) is 3.51. The molecular formula is C36H40N6O. The number of para-hydroxylation sites is 3. The molecule has 0 aliphatic carbocycles. The van der Waals surface area contributed by atoms with Crippen LogP contribution in [-0.2, 0) is 5.41 Å². The van der Waals surface area contributed by atoms with Crippen LogP contribution in [0.15, 0.2) is 89.9 Å². The van der Waals surface area contributed by atoms with Gasteiger partial charge in [0.2, 0.25) is 6.19 Å². The summed E-state index contributed by atoms with van der Waals surface area (Å²) in [7, 11) is 0. The number of aliphatic imine (C=N–C) groups is 1. The molecule has 220 valence electrons. The predicted molar refractivity (Wildman–Crippen MR) is 170 cm³/mol. The van der Waals surface area contributed by atoms with Gasteiger partial charge < -0.3 is 14.2 Å². The monoisotopic (exact) mass is 572 g/mol. The number of fused-ring (bicyclic) bond motifs is 3. The van der Waals surface area contributed by atoms with Crippen LogP contribution in [-0.4, -0.2) is 57.1 Å². The van der Waals surface area contributed by atoms with Gasteiger partial charge in [0.15, 0.2) is 0 Å². The van der Waals surface area contributed by atoms with Crippen molar-refractivity contribution in [1.82, 2.24) is 19.4 Å². The van der Waals surface area contributed by atoms with Gasteiger partial charge in [-0.2, -0.15) is 5.26 Å². The summed E-state index contributed by atoms with van der Waals surface area (Å²) < 4.78 is 8.60. The first-order chi connectivity index (χ1) is 21.1. The topological polar surface area (TPSA) is 69.7 Å². The Labute approximate surface area is 254 Å². The van der Waals surface area contributed by atoms with Crippen molar-refractivity contribution in [3.8, 4) is 11.9 Å². The number of aromatic nitrogens is 2. The van der Waals surface area contributed by atoms with Gasteiger partial charge in [0, 0.05) is 31.2 Å². The molecule has 3 aromatic carbocycles. The Hall–Kier alpha value is -4.15. The molecule has 7 rings (SSSR count).